The van der Waals surface area contributed by atoms with Crippen LogP contribution in [-0.2, 0) is 0 Å². The Kier molecular flexibility index (Phi) is 10.9. The number of nitrogens with one attached hydrogen (secondary N) is 1. The van der Waals surface area contributed by atoms with E-state index in [0.717, 1.165) is 86.5 Å². The Hall–Kier alpha value is -3.52. The Balaban J connectivity index is 0.00000188. The van der Waals surface area contributed by atoms with E-state index < -0.39 is 0 Å². The van der Waals surface area contributed by atoms with E-state index in [2.05, 4.69) is 14.9 Å². The number of amides is 2. The second-order valence-electron chi connectivity index (χ2n) is 11.0. The number of rotatable bonds is 10. The van der Waals surface area contributed by atoms with E-state index >= 15 is 0 Å². The first-order valence-electron chi connectivity index (χ1n) is 15.6. The molecule has 2 aromatic carbocycles. The number of fused-ring (bicyclic) bond motifs is 1. The maximum atomic E-state index is 12.5. The Morgan fingerprint density at radius 1 is 0.795 bits per heavy atom. The number of likely N-dealkylation sites (tertiary alicyclic amines) is 1. The van der Waals surface area contributed by atoms with Crippen molar-refractivity contribution in [3.8, 4) is 22.5 Å². The Labute approximate surface area is 269 Å². The van der Waals surface area contributed by atoms with Crippen molar-refractivity contribution >= 4 is 35.0 Å². The van der Waals surface area contributed by atoms with Crippen LogP contribution in [0.1, 0.15) is 84.8 Å². The van der Waals surface area contributed by atoms with Gasteiger partial charge in [-0.15, -0.1) is 0 Å². The minimum Gasteiger partial charge on any atom is -0.341 e. The highest BCUT2D eigenvalue weighted by Gasteiger charge is 2.34. The zero-order valence-electron chi connectivity index (χ0n) is 25.4. The van der Waals surface area contributed by atoms with Gasteiger partial charge < -0.3 is 9.88 Å². The molecule has 0 atom stereocenters. The van der Waals surface area contributed by atoms with Crippen molar-refractivity contribution in [3.63, 3.8) is 0 Å². The molecule has 6 rings (SSSR count). The SMILES string of the molecule is CC.O=C1c2ccccc2C(=O)N1CCCCCCN1CCC(c2nc(-c3ccc(Cl)c(Cl)c3)c(-c3ccncc3)[nH]2)CC1. The number of aromatic amines is 1. The molecule has 2 aliphatic rings. The van der Waals surface area contributed by atoms with E-state index in [0.29, 0.717) is 33.6 Å². The number of halogens is 2. The highest BCUT2D eigenvalue weighted by molar-refractivity contribution is 6.42. The summed E-state index contributed by atoms with van der Waals surface area (Å²) in [6.45, 7) is 7.63. The second kappa shape index (κ2) is 15.0. The lowest BCUT2D eigenvalue weighted by atomic mass is 9.96. The molecular weight excluding hydrogens is 593 g/mol. The molecule has 0 spiro atoms. The maximum absolute atomic E-state index is 12.5. The van der Waals surface area contributed by atoms with Gasteiger partial charge in [0, 0.05) is 36.0 Å². The minimum atomic E-state index is -0.160. The molecule has 230 valence electrons. The normalized spacial score (nSPS) is 15.3. The van der Waals surface area contributed by atoms with Crippen LogP contribution in [0.2, 0.25) is 10.0 Å². The van der Waals surface area contributed by atoms with Crippen LogP contribution >= 0.6 is 23.2 Å². The molecule has 2 aromatic heterocycles. The molecule has 0 aliphatic carbocycles. The van der Waals surface area contributed by atoms with Gasteiger partial charge >= 0.3 is 0 Å². The van der Waals surface area contributed by atoms with Gasteiger partial charge in [-0.25, -0.2) is 4.98 Å². The van der Waals surface area contributed by atoms with Gasteiger partial charge in [0.25, 0.3) is 11.8 Å². The van der Waals surface area contributed by atoms with E-state index in [4.69, 9.17) is 28.2 Å². The summed E-state index contributed by atoms with van der Waals surface area (Å²) in [4.78, 5) is 41.9. The van der Waals surface area contributed by atoms with E-state index in [1.165, 1.54) is 4.90 Å². The van der Waals surface area contributed by atoms with Gasteiger partial charge in [-0.3, -0.25) is 19.5 Å². The number of pyridine rings is 1. The number of aromatic nitrogens is 3. The van der Waals surface area contributed by atoms with Crippen molar-refractivity contribution in [3.05, 3.63) is 94.0 Å². The van der Waals surface area contributed by atoms with Crippen LogP contribution < -0.4 is 0 Å². The molecule has 7 nitrogen and oxygen atoms in total. The monoisotopic (exact) mass is 631 g/mol. The van der Waals surface area contributed by atoms with Gasteiger partial charge in [-0.1, -0.05) is 68.1 Å². The molecule has 4 heterocycles. The van der Waals surface area contributed by atoms with Crippen LogP contribution in [-0.4, -0.2) is 62.7 Å². The van der Waals surface area contributed by atoms with Crippen molar-refractivity contribution in [2.75, 3.05) is 26.2 Å². The van der Waals surface area contributed by atoms with Crippen molar-refractivity contribution in [1.82, 2.24) is 24.8 Å². The first-order valence-corrected chi connectivity index (χ1v) is 16.4. The summed E-state index contributed by atoms with van der Waals surface area (Å²) in [6.07, 6.45) is 9.71. The topological polar surface area (TPSA) is 82.2 Å². The van der Waals surface area contributed by atoms with E-state index in [-0.39, 0.29) is 11.8 Å². The van der Waals surface area contributed by atoms with Gasteiger partial charge in [0.05, 0.1) is 32.6 Å². The summed E-state index contributed by atoms with van der Waals surface area (Å²) in [5, 5.41) is 1.04. The summed E-state index contributed by atoms with van der Waals surface area (Å²) < 4.78 is 0. The van der Waals surface area contributed by atoms with Crippen LogP contribution in [0.25, 0.3) is 22.5 Å². The molecule has 1 fully saturated rings. The summed E-state index contributed by atoms with van der Waals surface area (Å²) in [7, 11) is 0. The lowest BCUT2D eigenvalue weighted by Crippen LogP contribution is -2.34. The largest absolute Gasteiger partial charge is 0.341 e. The second-order valence-corrected chi connectivity index (χ2v) is 11.9. The van der Waals surface area contributed by atoms with Gasteiger partial charge in [-0.2, -0.15) is 0 Å². The molecule has 2 amide bonds. The number of hydrogen-bond donors (Lipinski definition) is 1. The quantitative estimate of drug-likeness (QED) is 0.140. The number of carbonyl (C=O) groups is 2. The van der Waals surface area contributed by atoms with E-state index in [9.17, 15) is 9.59 Å². The third kappa shape index (κ3) is 7.06. The van der Waals surface area contributed by atoms with Crippen molar-refractivity contribution in [2.24, 2.45) is 0 Å². The smallest absolute Gasteiger partial charge is 0.261 e. The third-order valence-electron chi connectivity index (χ3n) is 8.34. The highest BCUT2D eigenvalue weighted by atomic mass is 35.5. The number of unbranched alkanes of at least 4 members (excludes halogenated alkanes) is 3. The number of benzene rings is 2. The van der Waals surface area contributed by atoms with Crippen LogP contribution in [0.3, 0.4) is 0 Å². The Morgan fingerprint density at radius 2 is 1.43 bits per heavy atom. The predicted octanol–water partition coefficient (Wildman–Crippen LogP) is 8.51. The van der Waals surface area contributed by atoms with Gasteiger partial charge in [0.1, 0.15) is 5.82 Å². The number of piperidine rings is 1. The molecule has 4 aromatic rings. The number of imidazole rings is 1. The molecule has 0 unspecified atom stereocenters. The molecule has 0 bridgehead atoms. The van der Waals surface area contributed by atoms with Crippen molar-refractivity contribution in [2.45, 2.75) is 58.3 Å². The predicted molar refractivity (Wildman–Crippen MR) is 177 cm³/mol. The average Bonchev–Trinajstić information content (AvgIpc) is 3.62. The van der Waals surface area contributed by atoms with Crippen LogP contribution in [0, 0.1) is 0 Å². The number of imide groups is 1. The maximum Gasteiger partial charge on any atom is 0.261 e. The lowest BCUT2D eigenvalue weighted by Gasteiger charge is -2.31. The number of nitrogens with zero attached hydrogens (tertiary/aromatic N) is 4. The van der Waals surface area contributed by atoms with Gasteiger partial charge in [-0.05, 0) is 81.7 Å². The highest BCUT2D eigenvalue weighted by Crippen LogP contribution is 2.36. The number of carbonyl (C=O) groups excluding carboxylic acids is 2. The van der Waals surface area contributed by atoms with Crippen LogP contribution in [0.15, 0.2) is 67.0 Å². The molecule has 44 heavy (non-hydrogen) atoms. The fraction of sp³-hybridized carbons (Fsp3) is 0.371. The van der Waals surface area contributed by atoms with Crippen molar-refractivity contribution < 1.29 is 9.59 Å². The van der Waals surface area contributed by atoms with Crippen LogP contribution in [0.5, 0.6) is 0 Å². The first-order chi connectivity index (χ1) is 21.5. The lowest BCUT2D eigenvalue weighted by molar-refractivity contribution is 0.0651. The molecule has 1 saturated heterocycles. The minimum absolute atomic E-state index is 0.160. The molecular formula is C35H39Cl2N5O2. The fourth-order valence-corrected chi connectivity index (χ4v) is 6.29. The van der Waals surface area contributed by atoms with Gasteiger partial charge in [0.2, 0.25) is 0 Å². The molecule has 0 saturated carbocycles. The zero-order chi connectivity index (χ0) is 31.1. The molecule has 0 radical (unpaired) electrons. The standard InChI is InChI=1S/C33H33Cl2N5O2.C2H6/c34-27-10-9-24(21-28(27)35)30-29(22-11-15-36-16-12-22)37-31(38-30)23-13-19-39(20-14-23)17-5-1-2-6-18-40-32(41)25-7-3-4-8-26(25)33(40)42;1-2/h3-4,7-12,15-16,21,23H,1-2,5-6,13-14,17-20H2,(H,37,38);1-2H3. The van der Waals surface area contributed by atoms with E-state index in [1.54, 1.807) is 36.7 Å². The average molecular weight is 633 g/mol. The molecule has 2 aliphatic heterocycles. The fourth-order valence-electron chi connectivity index (χ4n) is 6.00. The van der Waals surface area contributed by atoms with E-state index in [1.807, 2.05) is 44.2 Å². The first kappa shape index (κ1) is 31.9. The molecule has 9 heteroatoms. The summed E-state index contributed by atoms with van der Waals surface area (Å²) in [5.41, 5.74) is 4.86. The van der Waals surface area contributed by atoms with Crippen LogP contribution in [0.4, 0.5) is 0 Å². The summed E-state index contributed by atoms with van der Waals surface area (Å²) in [6, 6.07) is 16.7. The van der Waals surface area contributed by atoms with Gasteiger partial charge in [0.15, 0.2) is 0 Å². The number of H-pyrrole nitrogens is 1. The number of hydrogen-bond acceptors (Lipinski definition) is 5. The Bertz CT molecular complexity index is 1550. The Morgan fingerprint density at radius 3 is 2.07 bits per heavy atom. The third-order valence-corrected chi connectivity index (χ3v) is 9.08. The molecule has 1 N–H and O–H groups in total. The zero-order valence-corrected chi connectivity index (χ0v) is 26.9. The summed E-state index contributed by atoms with van der Waals surface area (Å²) >= 11 is 12.5. The summed E-state index contributed by atoms with van der Waals surface area (Å²) in [5.74, 6) is 1.05. The van der Waals surface area contributed by atoms with Crippen molar-refractivity contribution in [1.29, 1.82) is 0 Å².